The Morgan fingerprint density at radius 2 is 1.94 bits per heavy atom. The molecule has 10 heteroatoms. The van der Waals surface area contributed by atoms with Gasteiger partial charge in [0.2, 0.25) is 5.91 Å². The number of carboxylic acids is 1. The number of imidazole rings is 1. The fourth-order valence-electron chi connectivity index (χ4n) is 3.92. The number of nitrogens with zero attached hydrogens (tertiary/aromatic N) is 2. The Morgan fingerprint density at radius 1 is 1.18 bits per heavy atom. The molecule has 2 atom stereocenters. The van der Waals surface area contributed by atoms with Crippen LogP contribution >= 0.6 is 23.5 Å². The largest absolute Gasteiger partial charge is 0.477 e. The third-order valence-corrected chi connectivity index (χ3v) is 8.08. The Balaban J connectivity index is 1.29. The van der Waals surface area contributed by atoms with Crippen molar-refractivity contribution in [1.29, 1.82) is 0 Å². The van der Waals surface area contributed by atoms with Crippen LogP contribution in [0.15, 0.2) is 82.5 Å². The molecule has 0 saturated carbocycles. The van der Waals surface area contributed by atoms with E-state index in [0.717, 1.165) is 21.8 Å². The fraction of sp³-hybridized carbons (Fsp3) is 0.167. The number of carboxylic acid groups (broad SMARTS) is 1. The van der Waals surface area contributed by atoms with Gasteiger partial charge in [-0.25, -0.2) is 9.78 Å². The van der Waals surface area contributed by atoms with Gasteiger partial charge < -0.3 is 15.4 Å². The van der Waals surface area contributed by atoms with Crippen molar-refractivity contribution in [2.24, 2.45) is 0 Å². The van der Waals surface area contributed by atoms with Crippen molar-refractivity contribution in [2.75, 3.05) is 5.75 Å². The zero-order valence-electron chi connectivity index (χ0n) is 17.8. The molecule has 2 aliphatic heterocycles. The minimum Gasteiger partial charge on any atom is -0.477 e. The maximum Gasteiger partial charge on any atom is 0.353 e. The number of rotatable bonds is 7. The van der Waals surface area contributed by atoms with Gasteiger partial charge in [0.1, 0.15) is 22.9 Å². The minimum absolute atomic E-state index is 0.0116. The fourth-order valence-corrected chi connectivity index (χ4v) is 6.39. The topological polar surface area (TPSA) is 115 Å². The summed E-state index contributed by atoms with van der Waals surface area (Å²) in [5.74, 6) is -0.622. The van der Waals surface area contributed by atoms with E-state index in [-0.39, 0.29) is 18.0 Å². The van der Waals surface area contributed by atoms with Crippen molar-refractivity contribution in [3.63, 3.8) is 0 Å². The van der Waals surface area contributed by atoms with E-state index in [9.17, 15) is 19.5 Å². The Hall–Kier alpha value is -3.50. The molecule has 8 nitrogen and oxygen atoms in total. The first-order valence-electron chi connectivity index (χ1n) is 10.5. The first kappa shape index (κ1) is 22.3. The highest BCUT2D eigenvalue weighted by Crippen LogP contribution is 2.45. The number of carbonyl (C=O) groups is 3. The number of β-lactam (4-membered cyclic amide) rings is 1. The smallest absolute Gasteiger partial charge is 0.353 e. The highest BCUT2D eigenvalue weighted by molar-refractivity contribution is 8.06. The van der Waals surface area contributed by atoms with Gasteiger partial charge in [-0.2, -0.15) is 0 Å². The number of aromatic amines is 1. The van der Waals surface area contributed by atoms with Crippen LogP contribution in [0.25, 0.3) is 11.4 Å². The van der Waals surface area contributed by atoms with Crippen LogP contribution in [0.5, 0.6) is 0 Å². The molecule has 1 saturated heterocycles. The lowest BCUT2D eigenvalue weighted by Crippen LogP contribution is -2.70. The molecule has 0 radical (unpaired) electrons. The number of fused-ring (bicyclic) bond motifs is 1. The van der Waals surface area contributed by atoms with Gasteiger partial charge in [0.15, 0.2) is 0 Å². The highest BCUT2D eigenvalue weighted by Gasteiger charge is 2.54. The van der Waals surface area contributed by atoms with E-state index in [1.54, 1.807) is 12.4 Å². The molecule has 5 rings (SSSR count). The van der Waals surface area contributed by atoms with E-state index in [1.807, 2.05) is 54.6 Å². The molecule has 2 aromatic carbocycles. The van der Waals surface area contributed by atoms with Crippen molar-refractivity contribution < 1.29 is 19.5 Å². The van der Waals surface area contributed by atoms with Crippen molar-refractivity contribution in [1.82, 2.24) is 20.2 Å². The van der Waals surface area contributed by atoms with E-state index in [0.29, 0.717) is 10.7 Å². The predicted molar refractivity (Wildman–Crippen MR) is 130 cm³/mol. The maximum atomic E-state index is 12.9. The second-order valence-electron chi connectivity index (χ2n) is 7.76. The number of aliphatic carboxylic acids is 1. The van der Waals surface area contributed by atoms with Crippen LogP contribution in [0.4, 0.5) is 0 Å². The number of benzene rings is 2. The number of carbonyl (C=O) groups excluding carboxylic acids is 2. The van der Waals surface area contributed by atoms with Crippen molar-refractivity contribution >= 4 is 41.3 Å². The molecule has 3 aromatic rings. The van der Waals surface area contributed by atoms with Crippen molar-refractivity contribution in [2.45, 2.75) is 22.7 Å². The van der Waals surface area contributed by atoms with E-state index in [1.165, 1.54) is 28.4 Å². The molecule has 1 fully saturated rings. The Labute approximate surface area is 203 Å². The molecule has 0 unspecified atom stereocenters. The second-order valence-corrected chi connectivity index (χ2v) is 10.0. The summed E-state index contributed by atoms with van der Waals surface area (Å²) in [6, 6.07) is 16.2. The molecular formula is C24H20N4O4S2. The summed E-state index contributed by atoms with van der Waals surface area (Å²) in [5.41, 5.74) is 1.76. The number of hydrogen-bond acceptors (Lipinski definition) is 6. The predicted octanol–water partition coefficient (Wildman–Crippen LogP) is 3.11. The average molecular weight is 493 g/mol. The summed E-state index contributed by atoms with van der Waals surface area (Å²) in [7, 11) is 0. The van der Waals surface area contributed by atoms with E-state index < -0.39 is 23.3 Å². The zero-order chi connectivity index (χ0) is 23.7. The molecule has 34 heavy (non-hydrogen) atoms. The lowest BCUT2D eigenvalue weighted by molar-refractivity contribution is -0.150. The molecule has 3 N–H and O–H groups in total. The van der Waals surface area contributed by atoms with Crippen LogP contribution in [-0.2, 0) is 20.8 Å². The first-order valence-corrected chi connectivity index (χ1v) is 12.4. The first-order chi connectivity index (χ1) is 16.5. The van der Waals surface area contributed by atoms with Gasteiger partial charge in [0.05, 0.1) is 6.42 Å². The minimum atomic E-state index is -1.15. The summed E-state index contributed by atoms with van der Waals surface area (Å²) in [6.45, 7) is 0. The lowest BCUT2D eigenvalue weighted by atomic mass is 10.0. The normalized spacial score (nSPS) is 19.4. The van der Waals surface area contributed by atoms with Crippen LogP contribution in [0.1, 0.15) is 5.56 Å². The molecule has 1 aromatic heterocycles. The SMILES string of the molecule is O=C(Cc1ccccc1)N[C@@H]1C(=O)N2C(C(=O)O)=C(Sc3ccc(-c4ncc[nH]4)cc3)CS[C@@H]12. The van der Waals surface area contributed by atoms with Crippen LogP contribution in [0.3, 0.4) is 0 Å². The molecule has 2 amide bonds. The quantitative estimate of drug-likeness (QED) is 0.434. The highest BCUT2D eigenvalue weighted by atomic mass is 32.2. The average Bonchev–Trinajstić information content (AvgIpc) is 3.38. The van der Waals surface area contributed by atoms with E-state index in [2.05, 4.69) is 15.3 Å². The van der Waals surface area contributed by atoms with E-state index in [4.69, 9.17) is 0 Å². The van der Waals surface area contributed by atoms with Crippen LogP contribution in [-0.4, -0.2) is 54.9 Å². The molecular weight excluding hydrogens is 472 g/mol. The van der Waals surface area contributed by atoms with Gasteiger partial charge >= 0.3 is 5.97 Å². The summed E-state index contributed by atoms with van der Waals surface area (Å²) < 4.78 is 0. The van der Waals surface area contributed by atoms with Gasteiger partial charge in [-0.3, -0.25) is 14.5 Å². The van der Waals surface area contributed by atoms with Crippen LogP contribution in [0, 0.1) is 0 Å². The van der Waals surface area contributed by atoms with Crippen molar-refractivity contribution in [3.05, 3.63) is 83.2 Å². The number of hydrogen-bond donors (Lipinski definition) is 3. The third-order valence-electron chi connectivity index (χ3n) is 5.53. The molecule has 2 aliphatic rings. The number of thioether (sulfide) groups is 2. The van der Waals surface area contributed by atoms with Crippen LogP contribution < -0.4 is 5.32 Å². The van der Waals surface area contributed by atoms with Gasteiger partial charge in [-0.15, -0.1) is 11.8 Å². The zero-order valence-corrected chi connectivity index (χ0v) is 19.4. The Bertz CT molecular complexity index is 1260. The molecule has 0 bridgehead atoms. The van der Waals surface area contributed by atoms with Gasteiger partial charge in [0, 0.05) is 33.5 Å². The summed E-state index contributed by atoms with van der Waals surface area (Å²) in [6.07, 6.45) is 3.59. The second kappa shape index (κ2) is 9.40. The molecule has 0 aliphatic carbocycles. The number of nitrogens with one attached hydrogen (secondary N) is 2. The van der Waals surface area contributed by atoms with Crippen molar-refractivity contribution in [3.8, 4) is 11.4 Å². The molecule has 3 heterocycles. The number of H-pyrrole nitrogens is 1. The Morgan fingerprint density at radius 3 is 2.62 bits per heavy atom. The maximum absolute atomic E-state index is 12.9. The summed E-state index contributed by atoms with van der Waals surface area (Å²) in [4.78, 5) is 47.4. The van der Waals surface area contributed by atoms with Gasteiger partial charge in [0.25, 0.3) is 5.91 Å². The third kappa shape index (κ3) is 4.34. The van der Waals surface area contributed by atoms with E-state index >= 15 is 0 Å². The monoisotopic (exact) mass is 492 g/mol. The molecule has 172 valence electrons. The standard InChI is InChI=1S/C24H20N4O4S2/c29-18(12-14-4-2-1-3-5-14)27-19-22(30)28-20(24(31)32)17(13-33-23(19)28)34-16-8-6-15(7-9-16)21-25-10-11-26-21/h1-11,19,23H,12-13H2,(H,25,26)(H,27,29)(H,31,32)/t19-,23+/m1/s1. The van der Waals surface area contributed by atoms with Gasteiger partial charge in [-0.05, 0) is 17.7 Å². The van der Waals surface area contributed by atoms with Gasteiger partial charge in [-0.1, -0.05) is 54.2 Å². The summed E-state index contributed by atoms with van der Waals surface area (Å²) >= 11 is 2.79. The molecule has 0 spiro atoms. The van der Waals surface area contributed by atoms with Crippen LogP contribution in [0.2, 0.25) is 0 Å². The number of aromatic nitrogens is 2. The number of amides is 2. The lowest BCUT2D eigenvalue weighted by Gasteiger charge is -2.49. The Kier molecular flexibility index (Phi) is 6.16. The summed E-state index contributed by atoms with van der Waals surface area (Å²) in [5, 5.41) is 12.2.